The van der Waals surface area contributed by atoms with Crippen molar-refractivity contribution in [3.05, 3.63) is 0 Å². The summed E-state index contributed by atoms with van der Waals surface area (Å²) in [6, 6.07) is 0. The molecule has 0 fully saturated rings. The molecule has 0 aromatic rings. The van der Waals surface area contributed by atoms with Gasteiger partial charge < -0.3 is 5.73 Å². The minimum atomic E-state index is 1.09. The van der Waals surface area contributed by atoms with Gasteiger partial charge in [0.15, 0.2) is 0 Å². The molecule has 0 unspecified atom stereocenters. The third kappa shape index (κ3) is 2.48. The van der Waals surface area contributed by atoms with E-state index < -0.39 is 0 Å². The molecule has 0 spiro atoms. The normalized spacial score (nSPS) is 17.5. The van der Waals surface area contributed by atoms with E-state index in [2.05, 4.69) is 16.5 Å². The zero-order valence-electron chi connectivity index (χ0n) is 6.68. The van der Waals surface area contributed by atoms with Crippen LogP contribution in [-0.4, -0.2) is 30.4 Å². The van der Waals surface area contributed by atoms with Gasteiger partial charge >= 0.3 is 0 Å². The summed E-state index contributed by atoms with van der Waals surface area (Å²) in [6.07, 6.45) is 7.60. The highest BCUT2D eigenvalue weighted by Crippen LogP contribution is 1.97. The van der Waals surface area contributed by atoms with Crippen LogP contribution in [0.3, 0.4) is 0 Å². The average Bonchev–Trinajstić information content (AvgIpc) is 2.41. The van der Waals surface area contributed by atoms with E-state index in [0.29, 0.717) is 0 Å². The molecular formula is C8H18N2+2. The van der Waals surface area contributed by atoms with Crippen molar-refractivity contribution in [1.29, 1.82) is 0 Å². The second-order valence-electron chi connectivity index (χ2n) is 2.92. The van der Waals surface area contributed by atoms with E-state index >= 15 is 0 Å². The fraction of sp³-hybridized carbons (Fsp3) is 0.875. The molecule has 1 rings (SSSR count). The van der Waals surface area contributed by atoms with Gasteiger partial charge in [-0.05, 0) is 0 Å². The second-order valence-corrected chi connectivity index (χ2v) is 2.92. The molecule has 0 radical (unpaired) electrons. The third-order valence-electron chi connectivity index (χ3n) is 1.98. The SMILES string of the molecule is [NH3+]CCCC[N+]1=CCCC1. The summed E-state index contributed by atoms with van der Waals surface area (Å²) in [5.74, 6) is 0. The molecule has 1 heterocycles. The molecule has 58 valence electrons. The van der Waals surface area contributed by atoms with E-state index in [1.165, 1.54) is 38.8 Å². The number of unbranched alkanes of at least 4 members (excludes halogenated alkanes) is 1. The van der Waals surface area contributed by atoms with Crippen LogP contribution in [0, 0.1) is 0 Å². The van der Waals surface area contributed by atoms with Crippen LogP contribution in [0.25, 0.3) is 0 Å². The topological polar surface area (TPSA) is 30.6 Å². The highest BCUT2D eigenvalue weighted by atomic mass is 15.0. The van der Waals surface area contributed by atoms with Gasteiger partial charge in [0.1, 0.15) is 19.3 Å². The summed E-state index contributed by atoms with van der Waals surface area (Å²) in [7, 11) is 0. The lowest BCUT2D eigenvalue weighted by atomic mass is 10.3. The number of nitrogens with zero attached hydrogens (tertiary/aromatic N) is 1. The quantitative estimate of drug-likeness (QED) is 0.419. The van der Waals surface area contributed by atoms with Crippen LogP contribution in [0.5, 0.6) is 0 Å². The van der Waals surface area contributed by atoms with Crippen LogP contribution < -0.4 is 5.73 Å². The average molecular weight is 142 g/mol. The van der Waals surface area contributed by atoms with Gasteiger partial charge in [0.2, 0.25) is 0 Å². The minimum absolute atomic E-state index is 1.09. The van der Waals surface area contributed by atoms with E-state index in [9.17, 15) is 0 Å². The Morgan fingerprint density at radius 3 is 2.90 bits per heavy atom. The number of hydrogen-bond donors (Lipinski definition) is 1. The van der Waals surface area contributed by atoms with Crippen LogP contribution in [-0.2, 0) is 0 Å². The van der Waals surface area contributed by atoms with Gasteiger partial charge in [-0.25, -0.2) is 4.58 Å². The van der Waals surface area contributed by atoms with Gasteiger partial charge in [-0.15, -0.1) is 0 Å². The van der Waals surface area contributed by atoms with E-state index in [0.717, 1.165) is 6.54 Å². The van der Waals surface area contributed by atoms with Crippen molar-refractivity contribution in [2.24, 2.45) is 0 Å². The third-order valence-corrected chi connectivity index (χ3v) is 1.98. The first kappa shape index (κ1) is 7.73. The smallest absolute Gasteiger partial charge is 0.143 e. The van der Waals surface area contributed by atoms with E-state index in [4.69, 9.17) is 0 Å². The molecule has 0 aromatic heterocycles. The monoisotopic (exact) mass is 142 g/mol. The first-order valence-corrected chi connectivity index (χ1v) is 4.30. The van der Waals surface area contributed by atoms with Gasteiger partial charge in [-0.2, -0.15) is 0 Å². The lowest BCUT2D eigenvalue weighted by Crippen LogP contribution is -2.50. The zero-order chi connectivity index (χ0) is 7.23. The fourth-order valence-electron chi connectivity index (χ4n) is 1.35. The molecule has 10 heavy (non-hydrogen) atoms. The Hall–Kier alpha value is -0.370. The van der Waals surface area contributed by atoms with Crippen molar-refractivity contribution in [3.8, 4) is 0 Å². The van der Waals surface area contributed by atoms with Crippen molar-refractivity contribution >= 4 is 6.21 Å². The van der Waals surface area contributed by atoms with Crippen molar-refractivity contribution < 1.29 is 10.3 Å². The highest BCUT2D eigenvalue weighted by molar-refractivity contribution is 5.52. The van der Waals surface area contributed by atoms with Gasteiger partial charge in [0.05, 0.1) is 6.54 Å². The maximum Gasteiger partial charge on any atom is 0.143 e. The summed E-state index contributed by atoms with van der Waals surface area (Å²) in [5.41, 5.74) is 3.82. The van der Waals surface area contributed by atoms with Crippen LogP contribution in [0.1, 0.15) is 25.7 Å². The molecule has 0 saturated heterocycles. The van der Waals surface area contributed by atoms with Crippen LogP contribution in [0.2, 0.25) is 0 Å². The van der Waals surface area contributed by atoms with E-state index in [1.54, 1.807) is 0 Å². The van der Waals surface area contributed by atoms with Crippen LogP contribution in [0.15, 0.2) is 0 Å². The summed E-state index contributed by atoms with van der Waals surface area (Å²) in [5, 5.41) is 0. The molecule has 0 bridgehead atoms. The molecule has 1 aliphatic rings. The molecule has 0 atom stereocenters. The number of quaternary nitrogens is 1. The molecule has 0 amide bonds. The largest absolute Gasteiger partial charge is 0.358 e. The molecule has 0 aromatic carbocycles. The maximum absolute atomic E-state index is 3.82. The molecule has 3 N–H and O–H groups in total. The fourth-order valence-corrected chi connectivity index (χ4v) is 1.35. The van der Waals surface area contributed by atoms with Crippen LogP contribution >= 0.6 is 0 Å². The lowest BCUT2D eigenvalue weighted by Gasteiger charge is -1.94. The summed E-state index contributed by atoms with van der Waals surface area (Å²) in [4.78, 5) is 0. The van der Waals surface area contributed by atoms with Crippen molar-refractivity contribution in [2.75, 3.05) is 19.6 Å². The lowest BCUT2D eigenvalue weighted by molar-refractivity contribution is -0.517. The Balaban J connectivity index is 2.01. The van der Waals surface area contributed by atoms with Crippen molar-refractivity contribution in [3.63, 3.8) is 0 Å². The van der Waals surface area contributed by atoms with Gasteiger partial charge in [0, 0.05) is 25.7 Å². The predicted octanol–water partition coefficient (Wildman–Crippen LogP) is -0.114. The molecule has 2 heteroatoms. The van der Waals surface area contributed by atoms with Crippen molar-refractivity contribution in [2.45, 2.75) is 25.7 Å². The highest BCUT2D eigenvalue weighted by Gasteiger charge is 2.09. The predicted molar refractivity (Wildman–Crippen MR) is 42.3 cm³/mol. The standard InChI is InChI=1S/C8H17N2/c9-5-1-2-6-10-7-3-4-8-10/h7H,1-6,8-9H2/q+1/p+1. The van der Waals surface area contributed by atoms with Gasteiger partial charge in [0.25, 0.3) is 0 Å². The molecule has 1 aliphatic heterocycles. The number of rotatable bonds is 4. The zero-order valence-corrected chi connectivity index (χ0v) is 6.68. The minimum Gasteiger partial charge on any atom is -0.358 e. The molecule has 0 saturated carbocycles. The summed E-state index contributed by atoms with van der Waals surface area (Å²) < 4.78 is 2.44. The molecule has 2 nitrogen and oxygen atoms in total. The summed E-state index contributed by atoms with van der Waals surface area (Å²) in [6.45, 7) is 3.64. The van der Waals surface area contributed by atoms with E-state index in [1.807, 2.05) is 0 Å². The Morgan fingerprint density at radius 1 is 1.40 bits per heavy atom. The Labute approximate surface area is 62.7 Å². The Bertz CT molecular complexity index is 118. The Morgan fingerprint density at radius 2 is 2.30 bits per heavy atom. The van der Waals surface area contributed by atoms with Crippen molar-refractivity contribution in [1.82, 2.24) is 0 Å². The van der Waals surface area contributed by atoms with E-state index in [-0.39, 0.29) is 0 Å². The van der Waals surface area contributed by atoms with Gasteiger partial charge in [-0.1, -0.05) is 0 Å². The number of hydrogen-bond acceptors (Lipinski definition) is 0. The first-order valence-electron chi connectivity index (χ1n) is 4.30. The maximum atomic E-state index is 3.82. The first-order chi connectivity index (χ1) is 4.93. The Kier molecular flexibility index (Phi) is 3.44. The molecular weight excluding hydrogens is 124 g/mol. The second kappa shape index (κ2) is 4.45. The van der Waals surface area contributed by atoms with Gasteiger partial charge in [-0.3, -0.25) is 0 Å². The summed E-state index contributed by atoms with van der Waals surface area (Å²) >= 11 is 0. The molecule has 0 aliphatic carbocycles. The van der Waals surface area contributed by atoms with Crippen LogP contribution in [0.4, 0.5) is 0 Å².